The molecule has 0 spiro atoms. The molecule has 1 heterocycles. The van der Waals surface area contributed by atoms with Crippen LogP contribution in [0.15, 0.2) is 53.1 Å². The average Bonchev–Trinajstić information content (AvgIpc) is 2.98. The largest absolute Gasteiger partial charge is 0.334 e. The first-order valence-corrected chi connectivity index (χ1v) is 6.36. The van der Waals surface area contributed by atoms with E-state index in [1.807, 2.05) is 30.3 Å². The summed E-state index contributed by atoms with van der Waals surface area (Å²) in [4.78, 5) is 14.5. The maximum atomic E-state index is 10.8. The normalized spacial score (nSPS) is 10.5. The third-order valence-electron chi connectivity index (χ3n) is 2.85. The van der Waals surface area contributed by atoms with Crippen LogP contribution in [-0.2, 0) is 0 Å². The van der Waals surface area contributed by atoms with Gasteiger partial charge in [-0.05, 0) is 6.07 Å². The molecule has 0 unspecified atom stereocenters. The molecule has 3 aromatic rings. The molecule has 0 aliphatic carbocycles. The Labute approximate surface area is 124 Å². The monoisotopic (exact) mass is 301 g/mol. The average molecular weight is 302 g/mol. The summed E-state index contributed by atoms with van der Waals surface area (Å²) in [7, 11) is 0. The fraction of sp³-hybridized carbons (Fsp3) is 0. The van der Waals surface area contributed by atoms with Crippen molar-refractivity contribution in [3.63, 3.8) is 0 Å². The lowest BCUT2D eigenvalue weighted by Gasteiger charge is -1.98. The second-order valence-electron chi connectivity index (χ2n) is 4.21. The molecule has 0 radical (unpaired) electrons. The second kappa shape index (κ2) is 5.34. The molecule has 104 valence electrons. The molecule has 0 amide bonds. The van der Waals surface area contributed by atoms with Crippen LogP contribution in [0.2, 0.25) is 5.02 Å². The van der Waals surface area contributed by atoms with E-state index in [-0.39, 0.29) is 11.6 Å². The molecule has 0 aliphatic heterocycles. The standard InChI is InChI=1S/C14H8ClN3O3/c15-12-7-6-10(18(19)20)8-11(12)14-16-13(17-21-14)9-4-2-1-3-5-9/h1-8H. The summed E-state index contributed by atoms with van der Waals surface area (Å²) in [5.74, 6) is 0.538. The molecular weight excluding hydrogens is 294 g/mol. The highest BCUT2D eigenvalue weighted by molar-refractivity contribution is 6.33. The number of nitro groups is 1. The van der Waals surface area contributed by atoms with Crippen LogP contribution in [0.25, 0.3) is 22.8 Å². The van der Waals surface area contributed by atoms with E-state index >= 15 is 0 Å². The van der Waals surface area contributed by atoms with Gasteiger partial charge >= 0.3 is 0 Å². The molecule has 0 saturated carbocycles. The lowest BCUT2D eigenvalue weighted by molar-refractivity contribution is -0.384. The van der Waals surface area contributed by atoms with Crippen molar-refractivity contribution in [2.45, 2.75) is 0 Å². The summed E-state index contributed by atoms with van der Waals surface area (Å²) in [6.45, 7) is 0. The Kier molecular flexibility index (Phi) is 3.37. The van der Waals surface area contributed by atoms with Crippen molar-refractivity contribution in [2.24, 2.45) is 0 Å². The molecule has 0 atom stereocenters. The number of benzene rings is 2. The summed E-state index contributed by atoms with van der Waals surface area (Å²) in [5.41, 5.74) is 1.03. The molecule has 1 aromatic heterocycles. The zero-order valence-electron chi connectivity index (χ0n) is 10.6. The van der Waals surface area contributed by atoms with Crippen LogP contribution in [0.3, 0.4) is 0 Å². The highest BCUT2D eigenvalue weighted by Crippen LogP contribution is 2.31. The van der Waals surface area contributed by atoms with Crippen LogP contribution in [-0.4, -0.2) is 15.1 Å². The van der Waals surface area contributed by atoms with Gasteiger partial charge in [0.1, 0.15) is 0 Å². The first-order chi connectivity index (χ1) is 10.1. The summed E-state index contributed by atoms with van der Waals surface area (Å²) >= 11 is 6.04. The van der Waals surface area contributed by atoms with Crippen molar-refractivity contribution in [1.29, 1.82) is 0 Å². The number of nitrogens with zero attached hydrogens (tertiary/aromatic N) is 3. The van der Waals surface area contributed by atoms with Gasteiger partial charge in [-0.25, -0.2) is 0 Å². The Morgan fingerprint density at radius 3 is 2.62 bits per heavy atom. The number of halogens is 1. The lowest BCUT2D eigenvalue weighted by atomic mass is 10.2. The molecule has 0 aliphatic rings. The molecular formula is C14H8ClN3O3. The number of hydrogen-bond donors (Lipinski definition) is 0. The Morgan fingerprint density at radius 2 is 1.90 bits per heavy atom. The van der Waals surface area contributed by atoms with Gasteiger partial charge in [-0.2, -0.15) is 4.98 Å². The number of hydrogen-bond acceptors (Lipinski definition) is 5. The molecule has 7 heteroatoms. The SMILES string of the molecule is O=[N+]([O-])c1ccc(Cl)c(-c2nc(-c3ccccc3)no2)c1. The minimum Gasteiger partial charge on any atom is -0.334 e. The molecule has 0 N–H and O–H groups in total. The summed E-state index contributed by atoms with van der Waals surface area (Å²) in [6.07, 6.45) is 0. The van der Waals surface area contributed by atoms with Crippen LogP contribution < -0.4 is 0 Å². The van der Waals surface area contributed by atoms with Gasteiger partial charge < -0.3 is 4.52 Å². The van der Waals surface area contributed by atoms with Crippen molar-refractivity contribution in [1.82, 2.24) is 10.1 Å². The van der Waals surface area contributed by atoms with Crippen molar-refractivity contribution < 1.29 is 9.45 Å². The lowest BCUT2D eigenvalue weighted by Crippen LogP contribution is -1.89. The predicted molar refractivity (Wildman–Crippen MR) is 76.8 cm³/mol. The minimum absolute atomic E-state index is 0.0890. The van der Waals surface area contributed by atoms with Gasteiger partial charge in [-0.3, -0.25) is 10.1 Å². The van der Waals surface area contributed by atoms with Crippen LogP contribution in [0.1, 0.15) is 0 Å². The predicted octanol–water partition coefficient (Wildman–Crippen LogP) is 3.97. The number of non-ortho nitro benzene ring substituents is 1. The van der Waals surface area contributed by atoms with E-state index in [1.54, 1.807) is 0 Å². The van der Waals surface area contributed by atoms with E-state index in [9.17, 15) is 10.1 Å². The van der Waals surface area contributed by atoms with Crippen LogP contribution in [0.5, 0.6) is 0 Å². The maximum Gasteiger partial charge on any atom is 0.270 e. The van der Waals surface area contributed by atoms with Crippen molar-refractivity contribution >= 4 is 17.3 Å². The number of aromatic nitrogens is 2. The number of rotatable bonds is 3. The quantitative estimate of drug-likeness (QED) is 0.540. The van der Waals surface area contributed by atoms with Gasteiger partial charge in [-0.1, -0.05) is 47.1 Å². The van der Waals surface area contributed by atoms with Crippen molar-refractivity contribution in [2.75, 3.05) is 0 Å². The molecule has 0 bridgehead atoms. The smallest absolute Gasteiger partial charge is 0.270 e. The molecule has 3 rings (SSSR count). The fourth-order valence-corrected chi connectivity index (χ4v) is 2.03. The van der Waals surface area contributed by atoms with Gasteiger partial charge in [-0.15, -0.1) is 0 Å². The second-order valence-corrected chi connectivity index (χ2v) is 4.62. The van der Waals surface area contributed by atoms with E-state index in [0.29, 0.717) is 16.4 Å². The van der Waals surface area contributed by atoms with Gasteiger partial charge in [0.15, 0.2) is 0 Å². The molecule has 0 saturated heterocycles. The molecule has 21 heavy (non-hydrogen) atoms. The van der Waals surface area contributed by atoms with E-state index in [4.69, 9.17) is 16.1 Å². The van der Waals surface area contributed by atoms with Gasteiger partial charge in [0.25, 0.3) is 11.6 Å². The summed E-state index contributed by atoms with van der Waals surface area (Å²) < 4.78 is 5.15. The van der Waals surface area contributed by atoms with Gasteiger partial charge in [0, 0.05) is 17.7 Å². The zero-order chi connectivity index (χ0) is 14.8. The Balaban J connectivity index is 2.04. The zero-order valence-corrected chi connectivity index (χ0v) is 11.3. The fourth-order valence-electron chi connectivity index (χ4n) is 1.83. The first kappa shape index (κ1) is 13.3. The molecule has 0 fully saturated rings. The molecule has 6 nitrogen and oxygen atoms in total. The van der Waals surface area contributed by atoms with E-state index in [0.717, 1.165) is 5.56 Å². The van der Waals surface area contributed by atoms with Crippen LogP contribution in [0, 0.1) is 10.1 Å². The third kappa shape index (κ3) is 2.61. The summed E-state index contributed by atoms with van der Waals surface area (Å²) in [5, 5.41) is 15.0. The maximum absolute atomic E-state index is 10.8. The highest BCUT2D eigenvalue weighted by atomic mass is 35.5. The van der Waals surface area contributed by atoms with Gasteiger partial charge in [0.2, 0.25) is 5.82 Å². The number of nitro benzene ring substituents is 1. The van der Waals surface area contributed by atoms with Crippen LogP contribution in [0.4, 0.5) is 5.69 Å². The Morgan fingerprint density at radius 1 is 1.14 bits per heavy atom. The van der Waals surface area contributed by atoms with E-state index < -0.39 is 4.92 Å². The van der Waals surface area contributed by atoms with E-state index in [2.05, 4.69) is 10.1 Å². The highest BCUT2D eigenvalue weighted by Gasteiger charge is 2.17. The Bertz CT molecular complexity index is 802. The van der Waals surface area contributed by atoms with Crippen molar-refractivity contribution in [3.05, 3.63) is 63.7 Å². The third-order valence-corrected chi connectivity index (χ3v) is 3.18. The van der Waals surface area contributed by atoms with Crippen LogP contribution >= 0.6 is 11.6 Å². The topological polar surface area (TPSA) is 82.1 Å². The summed E-state index contributed by atoms with van der Waals surface area (Å²) in [6, 6.07) is 13.3. The Hall–Kier alpha value is -2.73. The van der Waals surface area contributed by atoms with Gasteiger partial charge in [0.05, 0.1) is 15.5 Å². The van der Waals surface area contributed by atoms with Crippen molar-refractivity contribution in [3.8, 4) is 22.8 Å². The van der Waals surface area contributed by atoms with E-state index in [1.165, 1.54) is 18.2 Å². The minimum atomic E-state index is -0.506. The molecule has 2 aromatic carbocycles. The first-order valence-electron chi connectivity index (χ1n) is 5.98.